The molecule has 10 heavy (non-hydrogen) atoms. The molecule has 0 fully saturated rings. The summed E-state index contributed by atoms with van der Waals surface area (Å²) in [6, 6.07) is 3.64. The van der Waals surface area contributed by atoms with Gasteiger partial charge in [-0.1, -0.05) is 0 Å². The molecule has 1 unspecified atom stereocenters. The minimum atomic E-state index is 0.0417. The third-order valence-electron chi connectivity index (χ3n) is 1.28. The van der Waals surface area contributed by atoms with Crippen LogP contribution in [0.5, 0.6) is 0 Å². The van der Waals surface area contributed by atoms with Crippen molar-refractivity contribution in [1.82, 2.24) is 0 Å². The molecule has 0 saturated carbocycles. The highest BCUT2D eigenvalue weighted by Gasteiger charge is 2.07. The second kappa shape index (κ2) is 2.99. The SMILES string of the molecule is CC(C=[N+]=[N-])c1ccco1. The number of furan rings is 1. The van der Waals surface area contributed by atoms with Crippen LogP contribution in [0.1, 0.15) is 18.6 Å². The molecule has 1 heterocycles. The molecule has 1 atom stereocenters. The zero-order chi connectivity index (χ0) is 7.40. The van der Waals surface area contributed by atoms with Gasteiger partial charge >= 0.3 is 0 Å². The van der Waals surface area contributed by atoms with Crippen LogP contribution in [0, 0.1) is 0 Å². The van der Waals surface area contributed by atoms with Crippen LogP contribution in [-0.4, -0.2) is 11.0 Å². The summed E-state index contributed by atoms with van der Waals surface area (Å²) in [7, 11) is 0. The minimum Gasteiger partial charge on any atom is -0.468 e. The van der Waals surface area contributed by atoms with Crippen molar-refractivity contribution in [2.45, 2.75) is 12.8 Å². The van der Waals surface area contributed by atoms with Crippen molar-refractivity contribution >= 4 is 6.21 Å². The summed E-state index contributed by atoms with van der Waals surface area (Å²) >= 11 is 0. The zero-order valence-electron chi connectivity index (χ0n) is 5.69. The molecule has 0 aromatic carbocycles. The lowest BCUT2D eigenvalue weighted by Gasteiger charge is -1.91. The molecule has 0 spiro atoms. The third kappa shape index (κ3) is 1.33. The summed E-state index contributed by atoms with van der Waals surface area (Å²) in [5.74, 6) is 0.845. The fourth-order valence-electron chi connectivity index (χ4n) is 0.724. The van der Waals surface area contributed by atoms with E-state index in [-0.39, 0.29) is 5.92 Å². The van der Waals surface area contributed by atoms with Crippen molar-refractivity contribution < 1.29 is 9.21 Å². The van der Waals surface area contributed by atoms with Crippen molar-refractivity contribution in [2.24, 2.45) is 0 Å². The number of hydrogen-bond donors (Lipinski definition) is 0. The average molecular weight is 136 g/mol. The van der Waals surface area contributed by atoms with Gasteiger partial charge in [-0.25, -0.2) is 0 Å². The number of rotatable bonds is 2. The van der Waals surface area contributed by atoms with Gasteiger partial charge in [0.1, 0.15) is 11.7 Å². The Morgan fingerprint density at radius 2 is 2.60 bits per heavy atom. The Bertz CT molecular complexity index is 234. The smallest absolute Gasteiger partial charge is 0.267 e. The molecule has 0 bridgehead atoms. The lowest BCUT2D eigenvalue weighted by Crippen LogP contribution is -1.91. The van der Waals surface area contributed by atoms with Crippen LogP contribution in [0.2, 0.25) is 0 Å². The van der Waals surface area contributed by atoms with Gasteiger partial charge in [-0.15, -0.1) is 0 Å². The Labute approximate surface area is 58.9 Å². The summed E-state index contributed by atoms with van der Waals surface area (Å²) < 4.78 is 5.05. The van der Waals surface area contributed by atoms with E-state index in [1.807, 2.05) is 13.0 Å². The van der Waals surface area contributed by atoms with Gasteiger partial charge in [0.05, 0.1) is 6.26 Å². The van der Waals surface area contributed by atoms with Crippen molar-refractivity contribution in [3.63, 3.8) is 0 Å². The van der Waals surface area contributed by atoms with Gasteiger partial charge in [-0.2, -0.15) is 4.79 Å². The van der Waals surface area contributed by atoms with Crippen molar-refractivity contribution in [1.29, 1.82) is 0 Å². The van der Waals surface area contributed by atoms with E-state index in [0.29, 0.717) is 0 Å². The van der Waals surface area contributed by atoms with Gasteiger partial charge in [-0.3, -0.25) is 0 Å². The van der Waals surface area contributed by atoms with Crippen LogP contribution in [0.15, 0.2) is 22.8 Å². The maximum atomic E-state index is 8.16. The Morgan fingerprint density at radius 1 is 1.80 bits per heavy atom. The van der Waals surface area contributed by atoms with E-state index in [4.69, 9.17) is 9.95 Å². The molecular weight excluding hydrogens is 128 g/mol. The Balaban J connectivity index is 2.76. The lowest BCUT2D eigenvalue weighted by molar-refractivity contribution is -0.000632. The highest BCUT2D eigenvalue weighted by atomic mass is 16.3. The highest BCUT2D eigenvalue weighted by Crippen LogP contribution is 2.11. The lowest BCUT2D eigenvalue weighted by atomic mass is 10.1. The van der Waals surface area contributed by atoms with Crippen molar-refractivity contribution in [3.8, 4) is 0 Å². The summed E-state index contributed by atoms with van der Waals surface area (Å²) in [6.07, 6.45) is 3.01. The largest absolute Gasteiger partial charge is 0.468 e. The molecule has 3 heteroatoms. The Kier molecular flexibility index (Phi) is 2.03. The Hall–Kier alpha value is -1.34. The molecule has 1 rings (SSSR count). The normalized spacial score (nSPS) is 12.1. The second-order valence-electron chi connectivity index (χ2n) is 2.07. The fraction of sp³-hybridized carbons (Fsp3) is 0.286. The minimum absolute atomic E-state index is 0.0417. The van der Waals surface area contributed by atoms with Crippen LogP contribution in [-0.2, 0) is 0 Å². The van der Waals surface area contributed by atoms with Crippen LogP contribution in [0.25, 0.3) is 5.53 Å². The van der Waals surface area contributed by atoms with Crippen LogP contribution >= 0.6 is 0 Å². The van der Waals surface area contributed by atoms with Gasteiger partial charge in [-0.05, 0) is 19.1 Å². The van der Waals surface area contributed by atoms with E-state index in [2.05, 4.69) is 4.79 Å². The van der Waals surface area contributed by atoms with E-state index in [0.717, 1.165) is 5.76 Å². The third-order valence-corrected chi connectivity index (χ3v) is 1.28. The fourth-order valence-corrected chi connectivity index (χ4v) is 0.724. The first-order chi connectivity index (χ1) is 4.84. The average Bonchev–Trinajstić information content (AvgIpc) is 2.38. The first-order valence-corrected chi connectivity index (χ1v) is 3.05. The molecule has 0 aliphatic carbocycles. The molecule has 1 aromatic heterocycles. The van der Waals surface area contributed by atoms with Crippen molar-refractivity contribution in [2.75, 3.05) is 0 Å². The molecule has 0 radical (unpaired) electrons. The Morgan fingerprint density at radius 3 is 3.10 bits per heavy atom. The molecule has 0 aliphatic rings. The van der Waals surface area contributed by atoms with E-state index >= 15 is 0 Å². The number of nitrogens with zero attached hydrogens (tertiary/aromatic N) is 2. The van der Waals surface area contributed by atoms with Gasteiger partial charge in [0.25, 0.3) is 6.21 Å². The first-order valence-electron chi connectivity index (χ1n) is 3.05. The molecule has 3 nitrogen and oxygen atoms in total. The standard InChI is InChI=1S/C7H8N2O/c1-6(5-9-8)7-3-2-4-10-7/h2-6H,1H3. The molecule has 0 saturated heterocycles. The quantitative estimate of drug-likeness (QED) is 0.346. The van der Waals surface area contributed by atoms with E-state index in [9.17, 15) is 0 Å². The summed E-state index contributed by atoms with van der Waals surface area (Å²) in [5, 5.41) is 0. The topological polar surface area (TPSA) is 49.5 Å². The number of hydrogen-bond acceptors (Lipinski definition) is 1. The van der Waals surface area contributed by atoms with Crippen LogP contribution < -0.4 is 0 Å². The monoisotopic (exact) mass is 136 g/mol. The zero-order valence-corrected chi connectivity index (χ0v) is 5.69. The molecule has 52 valence electrons. The maximum Gasteiger partial charge on any atom is 0.267 e. The van der Waals surface area contributed by atoms with Gasteiger partial charge in [0.2, 0.25) is 0 Å². The predicted molar refractivity (Wildman–Crippen MR) is 36.8 cm³/mol. The van der Waals surface area contributed by atoms with Gasteiger partial charge in [0.15, 0.2) is 0 Å². The van der Waals surface area contributed by atoms with Crippen molar-refractivity contribution in [3.05, 3.63) is 29.7 Å². The molecule has 0 amide bonds. The molecule has 0 aliphatic heterocycles. The molecular formula is C7H8N2O. The first kappa shape index (κ1) is 6.78. The van der Waals surface area contributed by atoms with Gasteiger partial charge in [0, 0.05) is 0 Å². The van der Waals surface area contributed by atoms with E-state index in [1.54, 1.807) is 12.3 Å². The van der Waals surface area contributed by atoms with E-state index in [1.165, 1.54) is 6.21 Å². The van der Waals surface area contributed by atoms with Crippen LogP contribution in [0.3, 0.4) is 0 Å². The van der Waals surface area contributed by atoms with Crippen LogP contribution in [0.4, 0.5) is 0 Å². The highest BCUT2D eigenvalue weighted by molar-refractivity contribution is 5.60. The maximum absolute atomic E-state index is 8.16. The second-order valence-corrected chi connectivity index (χ2v) is 2.07. The summed E-state index contributed by atoms with van der Waals surface area (Å²) in [4.78, 5) is 2.91. The van der Waals surface area contributed by atoms with Gasteiger partial charge < -0.3 is 9.95 Å². The predicted octanol–water partition coefficient (Wildman–Crippen LogP) is 1.68. The van der Waals surface area contributed by atoms with E-state index < -0.39 is 0 Å². The summed E-state index contributed by atoms with van der Waals surface area (Å²) in [5.41, 5.74) is 8.16. The summed E-state index contributed by atoms with van der Waals surface area (Å²) in [6.45, 7) is 1.89. The molecule has 1 aromatic rings. The molecule has 0 N–H and O–H groups in total.